The van der Waals surface area contributed by atoms with E-state index in [4.69, 9.17) is 5.73 Å². The highest BCUT2D eigenvalue weighted by molar-refractivity contribution is 5.92. The van der Waals surface area contributed by atoms with E-state index in [1.54, 1.807) is 4.40 Å². The molecule has 0 saturated carbocycles. The van der Waals surface area contributed by atoms with Crippen LogP contribution in [0.5, 0.6) is 0 Å². The number of nitrogens with zero attached hydrogens (tertiary/aromatic N) is 3. The first-order valence-electron chi connectivity index (χ1n) is 7.94. The van der Waals surface area contributed by atoms with E-state index in [-0.39, 0.29) is 1.43 Å². The van der Waals surface area contributed by atoms with Crippen LogP contribution in [0.25, 0.3) is 28.0 Å². The van der Waals surface area contributed by atoms with Crippen molar-refractivity contribution in [2.75, 3.05) is 0 Å². The predicted molar refractivity (Wildman–Crippen MR) is 99.2 cm³/mol. The Balaban J connectivity index is 0.00000196. The van der Waals surface area contributed by atoms with Crippen molar-refractivity contribution in [3.63, 3.8) is 0 Å². The van der Waals surface area contributed by atoms with Crippen molar-refractivity contribution in [1.29, 1.82) is 0 Å². The minimum atomic E-state index is -0.502. The van der Waals surface area contributed by atoms with E-state index in [1.807, 2.05) is 67.7 Å². The molecule has 0 fully saturated rings. The van der Waals surface area contributed by atoms with Gasteiger partial charge in [-0.2, -0.15) is 0 Å². The van der Waals surface area contributed by atoms with E-state index in [1.165, 1.54) is 6.20 Å². The fraction of sp³-hybridized carbons (Fsp3) is 0.0500. The Bertz CT molecular complexity index is 1100. The van der Waals surface area contributed by atoms with Gasteiger partial charge in [0, 0.05) is 18.9 Å². The van der Waals surface area contributed by atoms with E-state index in [2.05, 4.69) is 9.97 Å². The molecule has 0 saturated heterocycles. The molecule has 4 aromatic rings. The minimum absolute atomic E-state index is 0. The number of hydrogen-bond donors (Lipinski definition) is 1. The molecule has 1 amide bonds. The normalized spacial score (nSPS) is 10.9. The fourth-order valence-corrected chi connectivity index (χ4v) is 2.97. The molecule has 3 heterocycles. The van der Waals surface area contributed by atoms with E-state index in [0.717, 1.165) is 28.1 Å². The summed E-state index contributed by atoms with van der Waals surface area (Å²) >= 11 is 0. The topological polar surface area (TPSA) is 73.3 Å². The average Bonchev–Trinajstić information content (AvgIpc) is 3.05. The Morgan fingerprint density at radius 2 is 1.84 bits per heavy atom. The zero-order valence-corrected chi connectivity index (χ0v) is 13.7. The maximum absolute atomic E-state index is 11.6. The molecule has 1 aromatic carbocycles. The number of aryl methyl sites for hydroxylation is 1. The smallest absolute Gasteiger partial charge is 0.267 e. The maximum atomic E-state index is 11.6. The SMILES string of the molecule is Cc1cccc(-c2ccccc2-c2ccc3ncc(C(N)=O)n3c2)n1.[HH]. The molecule has 0 aliphatic carbocycles. The van der Waals surface area contributed by atoms with Crippen molar-refractivity contribution >= 4 is 11.6 Å². The number of fused-ring (bicyclic) bond motifs is 1. The van der Waals surface area contributed by atoms with Gasteiger partial charge in [0.05, 0.1) is 11.9 Å². The summed E-state index contributed by atoms with van der Waals surface area (Å²) in [6.07, 6.45) is 3.38. The van der Waals surface area contributed by atoms with Crippen LogP contribution in [0.1, 0.15) is 17.6 Å². The molecule has 0 aliphatic heterocycles. The second kappa shape index (κ2) is 5.87. The second-order valence-corrected chi connectivity index (χ2v) is 5.86. The lowest BCUT2D eigenvalue weighted by molar-refractivity contribution is 0.0995. The summed E-state index contributed by atoms with van der Waals surface area (Å²) in [6.45, 7) is 1.97. The Morgan fingerprint density at radius 3 is 2.60 bits per heavy atom. The molecule has 4 rings (SSSR count). The van der Waals surface area contributed by atoms with Crippen LogP contribution in [0.15, 0.2) is 67.0 Å². The molecule has 0 atom stereocenters. The van der Waals surface area contributed by atoms with Crippen LogP contribution < -0.4 is 5.73 Å². The van der Waals surface area contributed by atoms with Gasteiger partial charge in [0.25, 0.3) is 5.91 Å². The highest BCUT2D eigenvalue weighted by Crippen LogP contribution is 2.31. The summed E-state index contributed by atoms with van der Waals surface area (Å²) in [5.74, 6) is -0.502. The number of nitrogens with two attached hydrogens (primary N) is 1. The summed E-state index contributed by atoms with van der Waals surface area (Å²) in [5.41, 5.74) is 11.4. The number of carbonyl (C=O) groups is 1. The molecule has 0 spiro atoms. The fourth-order valence-electron chi connectivity index (χ4n) is 2.97. The molecule has 5 nitrogen and oxygen atoms in total. The van der Waals surface area contributed by atoms with Gasteiger partial charge in [-0.15, -0.1) is 0 Å². The van der Waals surface area contributed by atoms with Crippen molar-refractivity contribution < 1.29 is 6.22 Å². The van der Waals surface area contributed by atoms with Crippen molar-refractivity contribution in [3.8, 4) is 22.4 Å². The Labute approximate surface area is 146 Å². The summed E-state index contributed by atoms with van der Waals surface area (Å²) < 4.78 is 1.72. The first-order chi connectivity index (χ1) is 12.1. The Kier molecular flexibility index (Phi) is 3.54. The number of imidazole rings is 1. The molecular weight excluding hydrogens is 312 g/mol. The van der Waals surface area contributed by atoms with E-state index in [0.29, 0.717) is 11.3 Å². The van der Waals surface area contributed by atoms with E-state index >= 15 is 0 Å². The predicted octanol–water partition coefficient (Wildman–Crippen LogP) is 3.72. The quantitative estimate of drug-likeness (QED) is 0.622. The van der Waals surface area contributed by atoms with Crippen LogP contribution >= 0.6 is 0 Å². The first kappa shape index (κ1) is 15.1. The van der Waals surface area contributed by atoms with Crippen molar-refractivity contribution in [2.45, 2.75) is 6.92 Å². The van der Waals surface area contributed by atoms with Crippen molar-refractivity contribution in [2.24, 2.45) is 5.73 Å². The molecule has 0 unspecified atom stereocenters. The maximum Gasteiger partial charge on any atom is 0.267 e. The lowest BCUT2D eigenvalue weighted by Gasteiger charge is -2.11. The molecule has 0 aliphatic rings. The summed E-state index contributed by atoms with van der Waals surface area (Å²) in [6, 6.07) is 17.9. The molecule has 3 aromatic heterocycles. The van der Waals surface area contributed by atoms with E-state index in [9.17, 15) is 4.79 Å². The summed E-state index contributed by atoms with van der Waals surface area (Å²) in [7, 11) is 0. The van der Waals surface area contributed by atoms with Gasteiger partial charge < -0.3 is 5.73 Å². The monoisotopic (exact) mass is 330 g/mol. The van der Waals surface area contributed by atoms with Gasteiger partial charge in [-0.05, 0) is 42.3 Å². The standard InChI is InChI=1S/C20H16N4O.H2/c1-13-5-4-8-17(23-13)16-7-3-2-6-15(16)14-9-10-19-22-11-18(20(21)25)24(19)12-14;/h2-12H,1H3,(H2,21,25);1H. The van der Waals surface area contributed by atoms with Crippen LogP contribution in [0.2, 0.25) is 0 Å². The lowest BCUT2D eigenvalue weighted by Crippen LogP contribution is -2.13. The van der Waals surface area contributed by atoms with Crippen LogP contribution in [-0.4, -0.2) is 20.3 Å². The van der Waals surface area contributed by atoms with Gasteiger partial charge >= 0.3 is 0 Å². The molecule has 0 bridgehead atoms. The van der Waals surface area contributed by atoms with Gasteiger partial charge in [-0.3, -0.25) is 14.2 Å². The van der Waals surface area contributed by atoms with Crippen molar-refractivity contribution in [1.82, 2.24) is 14.4 Å². The number of hydrogen-bond acceptors (Lipinski definition) is 3. The number of amides is 1. The number of carbonyl (C=O) groups excluding carboxylic acids is 1. The largest absolute Gasteiger partial charge is 0.364 e. The third-order valence-corrected chi connectivity index (χ3v) is 4.16. The lowest BCUT2D eigenvalue weighted by atomic mass is 9.98. The molecule has 124 valence electrons. The number of primary amides is 1. The van der Waals surface area contributed by atoms with Gasteiger partial charge in [0.15, 0.2) is 0 Å². The Morgan fingerprint density at radius 1 is 1.04 bits per heavy atom. The van der Waals surface area contributed by atoms with Crippen LogP contribution in [0.3, 0.4) is 0 Å². The number of rotatable bonds is 3. The van der Waals surface area contributed by atoms with Crippen LogP contribution in [0, 0.1) is 6.92 Å². The Hall–Kier alpha value is -3.47. The highest BCUT2D eigenvalue weighted by Gasteiger charge is 2.12. The first-order valence-corrected chi connectivity index (χ1v) is 7.94. The van der Waals surface area contributed by atoms with Gasteiger partial charge in [0.1, 0.15) is 11.3 Å². The minimum Gasteiger partial charge on any atom is -0.364 e. The van der Waals surface area contributed by atoms with E-state index < -0.39 is 5.91 Å². The molecule has 2 N–H and O–H groups in total. The zero-order valence-electron chi connectivity index (χ0n) is 13.7. The second-order valence-electron chi connectivity index (χ2n) is 5.86. The number of pyridine rings is 2. The van der Waals surface area contributed by atoms with Crippen LogP contribution in [0.4, 0.5) is 0 Å². The number of aromatic nitrogens is 3. The average molecular weight is 330 g/mol. The third kappa shape index (κ3) is 2.65. The molecule has 0 radical (unpaired) electrons. The molecule has 25 heavy (non-hydrogen) atoms. The zero-order chi connectivity index (χ0) is 17.4. The van der Waals surface area contributed by atoms with Gasteiger partial charge in [-0.1, -0.05) is 30.3 Å². The molecule has 5 heteroatoms. The highest BCUT2D eigenvalue weighted by atomic mass is 16.1. The van der Waals surface area contributed by atoms with Gasteiger partial charge in [-0.25, -0.2) is 4.98 Å². The summed E-state index contributed by atoms with van der Waals surface area (Å²) in [4.78, 5) is 20.5. The molecular formula is C20H18N4O. The third-order valence-electron chi connectivity index (χ3n) is 4.16. The summed E-state index contributed by atoms with van der Waals surface area (Å²) in [5, 5.41) is 0. The van der Waals surface area contributed by atoms with Crippen LogP contribution in [-0.2, 0) is 0 Å². The van der Waals surface area contributed by atoms with Gasteiger partial charge in [0.2, 0.25) is 0 Å². The number of benzene rings is 1. The van der Waals surface area contributed by atoms with Crippen molar-refractivity contribution in [3.05, 3.63) is 78.4 Å².